The standard InChI is InChI=1S/C30H26O6/c1-3-30(2,20-12-16-22(17-13-20)35-28(33)24-8-4-6-10-26(24)31)21-14-18-23(19-15-21)36-29(34)25-9-5-7-11-27(25)32/h4-19,31-32H,3H2,1-2H3. The summed E-state index contributed by atoms with van der Waals surface area (Å²) in [6.45, 7) is 4.19. The van der Waals surface area contributed by atoms with E-state index in [0.717, 1.165) is 17.5 Å². The molecule has 0 radical (unpaired) electrons. The van der Waals surface area contributed by atoms with Crippen LogP contribution in [0.4, 0.5) is 0 Å². The molecule has 0 saturated carbocycles. The van der Waals surface area contributed by atoms with Crippen LogP contribution >= 0.6 is 0 Å². The molecule has 0 aliphatic rings. The van der Waals surface area contributed by atoms with Crippen LogP contribution in [0, 0.1) is 0 Å². The first-order valence-corrected chi connectivity index (χ1v) is 11.5. The number of hydrogen-bond donors (Lipinski definition) is 2. The fourth-order valence-electron chi connectivity index (χ4n) is 3.97. The average molecular weight is 483 g/mol. The molecular formula is C30H26O6. The number of aromatic hydroxyl groups is 2. The van der Waals surface area contributed by atoms with Crippen molar-refractivity contribution in [3.8, 4) is 23.0 Å². The summed E-state index contributed by atoms with van der Waals surface area (Å²) in [6.07, 6.45) is 0.793. The van der Waals surface area contributed by atoms with Gasteiger partial charge in [0.1, 0.15) is 34.1 Å². The highest BCUT2D eigenvalue weighted by molar-refractivity contribution is 5.94. The van der Waals surface area contributed by atoms with E-state index in [4.69, 9.17) is 9.47 Å². The molecule has 0 aromatic heterocycles. The first-order valence-electron chi connectivity index (χ1n) is 11.5. The Morgan fingerprint density at radius 3 is 1.33 bits per heavy atom. The Bertz CT molecular complexity index is 1270. The van der Waals surface area contributed by atoms with Crippen LogP contribution in [0.25, 0.3) is 0 Å². The van der Waals surface area contributed by atoms with Crippen molar-refractivity contribution in [1.82, 2.24) is 0 Å². The monoisotopic (exact) mass is 482 g/mol. The summed E-state index contributed by atoms with van der Waals surface area (Å²) in [4.78, 5) is 24.8. The minimum Gasteiger partial charge on any atom is -0.507 e. The van der Waals surface area contributed by atoms with Crippen LogP contribution < -0.4 is 9.47 Å². The van der Waals surface area contributed by atoms with E-state index in [2.05, 4.69) is 13.8 Å². The molecule has 2 N–H and O–H groups in total. The summed E-state index contributed by atoms with van der Waals surface area (Å²) in [5, 5.41) is 19.7. The van der Waals surface area contributed by atoms with Gasteiger partial charge in [0, 0.05) is 5.41 Å². The highest BCUT2D eigenvalue weighted by atomic mass is 16.5. The molecule has 0 fully saturated rings. The van der Waals surface area contributed by atoms with Gasteiger partial charge in [-0.3, -0.25) is 0 Å². The van der Waals surface area contributed by atoms with Crippen molar-refractivity contribution in [3.63, 3.8) is 0 Å². The lowest BCUT2D eigenvalue weighted by atomic mass is 9.74. The summed E-state index contributed by atoms with van der Waals surface area (Å²) in [7, 11) is 0. The number of carbonyl (C=O) groups excluding carboxylic acids is 2. The number of para-hydroxylation sites is 2. The molecular weight excluding hydrogens is 456 g/mol. The first-order chi connectivity index (χ1) is 17.3. The van der Waals surface area contributed by atoms with Crippen LogP contribution in [0.15, 0.2) is 97.1 Å². The fraction of sp³-hybridized carbons (Fsp3) is 0.133. The third-order valence-corrected chi connectivity index (χ3v) is 6.36. The molecule has 6 nitrogen and oxygen atoms in total. The van der Waals surface area contributed by atoms with Gasteiger partial charge in [-0.1, -0.05) is 62.4 Å². The lowest BCUT2D eigenvalue weighted by molar-refractivity contribution is 0.0721. The number of carbonyl (C=O) groups is 2. The molecule has 0 bridgehead atoms. The van der Waals surface area contributed by atoms with E-state index in [-0.39, 0.29) is 28.0 Å². The second kappa shape index (κ2) is 10.4. The molecule has 0 aliphatic carbocycles. The van der Waals surface area contributed by atoms with Gasteiger partial charge in [0.05, 0.1) is 0 Å². The van der Waals surface area contributed by atoms with Crippen LogP contribution in [-0.2, 0) is 5.41 Å². The average Bonchev–Trinajstić information content (AvgIpc) is 2.89. The maximum Gasteiger partial charge on any atom is 0.347 e. The lowest BCUT2D eigenvalue weighted by Crippen LogP contribution is -2.22. The normalized spacial score (nSPS) is 11.1. The highest BCUT2D eigenvalue weighted by Gasteiger charge is 2.27. The maximum atomic E-state index is 12.4. The molecule has 36 heavy (non-hydrogen) atoms. The fourth-order valence-corrected chi connectivity index (χ4v) is 3.97. The number of phenolic OH excluding ortho intramolecular Hbond substituents is 2. The van der Waals surface area contributed by atoms with Crippen molar-refractivity contribution in [2.24, 2.45) is 0 Å². The van der Waals surface area contributed by atoms with Gasteiger partial charge < -0.3 is 19.7 Å². The zero-order chi connectivity index (χ0) is 25.7. The second-order valence-electron chi connectivity index (χ2n) is 8.55. The Labute approximate surface area is 209 Å². The predicted octanol–water partition coefficient (Wildman–Crippen LogP) is 6.25. The van der Waals surface area contributed by atoms with Gasteiger partial charge in [0.15, 0.2) is 0 Å². The van der Waals surface area contributed by atoms with Crippen LogP contribution in [-0.4, -0.2) is 22.2 Å². The SMILES string of the molecule is CCC(C)(c1ccc(OC(=O)c2ccccc2O)cc1)c1ccc(OC(=O)c2ccccc2O)cc1. The zero-order valence-corrected chi connectivity index (χ0v) is 20.0. The largest absolute Gasteiger partial charge is 0.507 e. The van der Waals surface area contributed by atoms with Crippen molar-refractivity contribution in [2.45, 2.75) is 25.7 Å². The number of phenols is 2. The van der Waals surface area contributed by atoms with Gasteiger partial charge in [-0.2, -0.15) is 0 Å². The van der Waals surface area contributed by atoms with E-state index < -0.39 is 11.9 Å². The maximum absolute atomic E-state index is 12.4. The lowest BCUT2D eigenvalue weighted by Gasteiger charge is -2.30. The molecule has 4 rings (SSSR count). The summed E-state index contributed by atoms with van der Waals surface area (Å²) >= 11 is 0. The van der Waals surface area contributed by atoms with Crippen molar-refractivity contribution in [1.29, 1.82) is 0 Å². The molecule has 182 valence electrons. The van der Waals surface area contributed by atoms with E-state index >= 15 is 0 Å². The summed E-state index contributed by atoms with van der Waals surface area (Å²) in [5.74, 6) is -0.783. The number of ether oxygens (including phenoxy) is 2. The topological polar surface area (TPSA) is 93.1 Å². The smallest absolute Gasteiger partial charge is 0.347 e. The van der Waals surface area contributed by atoms with Gasteiger partial charge in [-0.15, -0.1) is 0 Å². The Kier molecular flexibility index (Phi) is 7.06. The van der Waals surface area contributed by atoms with Crippen molar-refractivity contribution in [3.05, 3.63) is 119 Å². The number of benzene rings is 4. The van der Waals surface area contributed by atoms with Gasteiger partial charge in [-0.25, -0.2) is 9.59 Å². The Morgan fingerprint density at radius 2 is 1.00 bits per heavy atom. The summed E-state index contributed by atoms with van der Waals surface area (Å²) in [5.41, 5.74) is 1.89. The molecule has 0 unspecified atom stereocenters. The molecule has 0 heterocycles. The Morgan fingerprint density at radius 1 is 0.639 bits per heavy atom. The number of hydrogen-bond acceptors (Lipinski definition) is 6. The summed E-state index contributed by atoms with van der Waals surface area (Å²) in [6, 6.07) is 27.0. The minimum atomic E-state index is -0.631. The second-order valence-corrected chi connectivity index (χ2v) is 8.55. The highest BCUT2D eigenvalue weighted by Crippen LogP contribution is 2.37. The molecule has 4 aromatic rings. The molecule has 0 amide bonds. The van der Waals surface area contributed by atoms with E-state index in [1.807, 2.05) is 24.3 Å². The third kappa shape index (κ3) is 5.08. The Hall–Kier alpha value is -4.58. The van der Waals surface area contributed by atoms with Gasteiger partial charge in [0.25, 0.3) is 0 Å². The van der Waals surface area contributed by atoms with Gasteiger partial charge in [-0.05, 0) is 66.1 Å². The van der Waals surface area contributed by atoms with E-state index in [9.17, 15) is 19.8 Å². The quantitative estimate of drug-likeness (QED) is 0.239. The summed E-state index contributed by atoms with van der Waals surface area (Å²) < 4.78 is 10.8. The molecule has 6 heteroatoms. The van der Waals surface area contributed by atoms with Crippen molar-refractivity contribution < 1.29 is 29.3 Å². The predicted molar refractivity (Wildman–Crippen MR) is 136 cm³/mol. The zero-order valence-electron chi connectivity index (χ0n) is 20.0. The van der Waals surface area contributed by atoms with E-state index in [1.54, 1.807) is 48.5 Å². The molecule has 4 aromatic carbocycles. The van der Waals surface area contributed by atoms with Gasteiger partial charge in [0.2, 0.25) is 0 Å². The molecule has 0 spiro atoms. The third-order valence-electron chi connectivity index (χ3n) is 6.36. The number of esters is 2. The van der Waals surface area contributed by atoms with Crippen molar-refractivity contribution in [2.75, 3.05) is 0 Å². The minimum absolute atomic E-state index is 0.100. The number of rotatable bonds is 7. The van der Waals surface area contributed by atoms with E-state index in [1.165, 1.54) is 24.3 Å². The Balaban J connectivity index is 1.49. The van der Waals surface area contributed by atoms with Crippen LogP contribution in [0.2, 0.25) is 0 Å². The molecule has 0 atom stereocenters. The van der Waals surface area contributed by atoms with Crippen LogP contribution in [0.1, 0.15) is 52.1 Å². The van der Waals surface area contributed by atoms with Crippen LogP contribution in [0.5, 0.6) is 23.0 Å². The first kappa shape index (κ1) is 24.5. The molecule has 0 saturated heterocycles. The van der Waals surface area contributed by atoms with Crippen molar-refractivity contribution >= 4 is 11.9 Å². The molecule has 0 aliphatic heterocycles. The van der Waals surface area contributed by atoms with Gasteiger partial charge >= 0.3 is 11.9 Å². The van der Waals surface area contributed by atoms with E-state index in [0.29, 0.717) is 11.5 Å². The van der Waals surface area contributed by atoms with Crippen LogP contribution in [0.3, 0.4) is 0 Å².